The third kappa shape index (κ3) is 5.66. The molecule has 0 unspecified atom stereocenters. The van der Waals surface area contributed by atoms with E-state index in [1.54, 1.807) is 41.3 Å². The van der Waals surface area contributed by atoms with Crippen LogP contribution in [-0.4, -0.2) is 43.4 Å². The Bertz CT molecular complexity index is 1260. The first-order chi connectivity index (χ1) is 17.4. The lowest BCUT2D eigenvalue weighted by molar-refractivity contribution is -0.128. The summed E-state index contributed by atoms with van der Waals surface area (Å²) < 4.78 is 10.9. The molecule has 0 aromatic heterocycles. The molecule has 3 amide bonds. The van der Waals surface area contributed by atoms with E-state index in [1.165, 1.54) is 14.2 Å². The highest BCUT2D eigenvalue weighted by molar-refractivity contribution is 6.06. The molecule has 0 bridgehead atoms. The fourth-order valence-electron chi connectivity index (χ4n) is 4.13. The summed E-state index contributed by atoms with van der Waals surface area (Å²) in [5.74, 6) is -0.412. The van der Waals surface area contributed by atoms with Gasteiger partial charge in [0.1, 0.15) is 11.5 Å². The van der Waals surface area contributed by atoms with E-state index in [0.29, 0.717) is 41.5 Å². The monoisotopic (exact) mass is 487 g/mol. The van der Waals surface area contributed by atoms with Crippen molar-refractivity contribution in [2.24, 2.45) is 5.92 Å². The Morgan fingerprint density at radius 2 is 1.53 bits per heavy atom. The van der Waals surface area contributed by atoms with Gasteiger partial charge in [-0.25, -0.2) is 0 Å². The molecular weight excluding hydrogens is 458 g/mol. The summed E-state index contributed by atoms with van der Waals surface area (Å²) in [5.41, 5.74) is 3.47. The first kappa shape index (κ1) is 24.8. The fourth-order valence-corrected chi connectivity index (χ4v) is 4.13. The maximum atomic E-state index is 13.1. The van der Waals surface area contributed by atoms with Crippen molar-refractivity contribution in [3.8, 4) is 11.5 Å². The summed E-state index contributed by atoms with van der Waals surface area (Å²) in [6.45, 7) is 2.82. The van der Waals surface area contributed by atoms with Crippen molar-refractivity contribution in [3.63, 3.8) is 0 Å². The van der Waals surface area contributed by atoms with E-state index < -0.39 is 5.92 Å². The number of hydrogen-bond donors (Lipinski definition) is 2. The van der Waals surface area contributed by atoms with Crippen molar-refractivity contribution in [1.82, 2.24) is 4.90 Å². The molecule has 4 rings (SSSR count). The van der Waals surface area contributed by atoms with Crippen LogP contribution < -0.4 is 20.1 Å². The molecule has 1 saturated heterocycles. The zero-order chi connectivity index (χ0) is 25.7. The average Bonchev–Trinajstić information content (AvgIpc) is 3.26. The predicted molar refractivity (Wildman–Crippen MR) is 137 cm³/mol. The van der Waals surface area contributed by atoms with Crippen LogP contribution in [-0.2, 0) is 16.1 Å². The Hall–Kier alpha value is -4.33. The Morgan fingerprint density at radius 3 is 2.14 bits per heavy atom. The van der Waals surface area contributed by atoms with Crippen molar-refractivity contribution in [2.75, 3.05) is 31.4 Å². The lowest BCUT2D eigenvalue weighted by Crippen LogP contribution is -2.28. The molecule has 36 heavy (non-hydrogen) atoms. The lowest BCUT2D eigenvalue weighted by atomic mass is 10.1. The number of likely N-dealkylation sites (tertiary alicyclic amines) is 1. The van der Waals surface area contributed by atoms with Gasteiger partial charge in [-0.3, -0.25) is 14.4 Å². The van der Waals surface area contributed by atoms with Gasteiger partial charge in [0.2, 0.25) is 11.8 Å². The second-order valence-corrected chi connectivity index (χ2v) is 8.72. The van der Waals surface area contributed by atoms with Crippen molar-refractivity contribution < 1.29 is 23.9 Å². The molecule has 3 aromatic rings. The van der Waals surface area contributed by atoms with Gasteiger partial charge in [0.05, 0.1) is 31.5 Å². The molecule has 0 radical (unpaired) electrons. The summed E-state index contributed by atoms with van der Waals surface area (Å²) in [5, 5.41) is 5.69. The Balaban J connectivity index is 1.46. The maximum Gasteiger partial charge on any atom is 0.255 e. The minimum absolute atomic E-state index is 0.0563. The van der Waals surface area contributed by atoms with Crippen LogP contribution in [0.5, 0.6) is 11.5 Å². The Kier molecular flexibility index (Phi) is 7.53. The van der Waals surface area contributed by atoms with Gasteiger partial charge >= 0.3 is 0 Å². The standard InChI is InChI=1S/C28H29N3O5/c1-18-9-11-19(12-10-18)16-31-17-21(13-26(31)32)28(34)30-23-15-24(35-2)22(14-25(23)36-3)29-27(33)20-7-5-4-6-8-20/h4-12,14-15,21H,13,16-17H2,1-3H3,(H,29,33)(H,30,34)/t21-/m0/s1. The lowest BCUT2D eigenvalue weighted by Gasteiger charge is -2.18. The van der Waals surface area contributed by atoms with E-state index in [4.69, 9.17) is 9.47 Å². The minimum atomic E-state index is -0.490. The minimum Gasteiger partial charge on any atom is -0.494 e. The van der Waals surface area contributed by atoms with Crippen LogP contribution in [0, 0.1) is 12.8 Å². The highest BCUT2D eigenvalue weighted by Crippen LogP contribution is 2.37. The molecule has 1 aliphatic heterocycles. The number of aryl methyl sites for hydroxylation is 1. The predicted octanol–water partition coefficient (Wildman–Crippen LogP) is 4.25. The normalized spacial score (nSPS) is 14.9. The third-order valence-corrected chi connectivity index (χ3v) is 6.14. The van der Waals surface area contributed by atoms with Gasteiger partial charge in [0.15, 0.2) is 0 Å². The summed E-state index contributed by atoms with van der Waals surface area (Å²) in [6, 6.07) is 20.0. The zero-order valence-corrected chi connectivity index (χ0v) is 20.5. The van der Waals surface area contributed by atoms with Crippen molar-refractivity contribution in [1.29, 1.82) is 0 Å². The smallest absolute Gasteiger partial charge is 0.255 e. The van der Waals surface area contributed by atoms with E-state index >= 15 is 0 Å². The summed E-state index contributed by atoms with van der Waals surface area (Å²) in [6.07, 6.45) is 0.141. The second kappa shape index (κ2) is 10.9. The highest BCUT2D eigenvalue weighted by atomic mass is 16.5. The average molecular weight is 488 g/mol. The number of amides is 3. The molecule has 8 nitrogen and oxygen atoms in total. The number of nitrogens with one attached hydrogen (secondary N) is 2. The molecule has 3 aromatic carbocycles. The zero-order valence-electron chi connectivity index (χ0n) is 20.5. The molecule has 8 heteroatoms. The largest absolute Gasteiger partial charge is 0.494 e. The molecule has 0 aliphatic carbocycles. The second-order valence-electron chi connectivity index (χ2n) is 8.72. The van der Waals surface area contributed by atoms with Crippen molar-refractivity contribution in [3.05, 3.63) is 83.4 Å². The molecule has 1 aliphatic rings. The van der Waals surface area contributed by atoms with E-state index in [0.717, 1.165) is 11.1 Å². The molecule has 1 atom stereocenters. The third-order valence-electron chi connectivity index (χ3n) is 6.14. The molecule has 0 spiro atoms. The topological polar surface area (TPSA) is 97.0 Å². The number of ether oxygens (including phenoxy) is 2. The Labute approximate surface area is 210 Å². The van der Waals surface area contributed by atoms with Gasteiger partial charge in [0.25, 0.3) is 5.91 Å². The van der Waals surface area contributed by atoms with E-state index in [1.807, 2.05) is 37.3 Å². The summed E-state index contributed by atoms with van der Waals surface area (Å²) in [4.78, 5) is 39.9. The van der Waals surface area contributed by atoms with Gasteiger partial charge in [-0.2, -0.15) is 0 Å². The van der Waals surface area contributed by atoms with Crippen LogP contribution in [0.25, 0.3) is 0 Å². The number of hydrogen-bond acceptors (Lipinski definition) is 5. The van der Waals surface area contributed by atoms with Crippen LogP contribution >= 0.6 is 0 Å². The van der Waals surface area contributed by atoms with Gasteiger partial charge in [0, 0.05) is 37.2 Å². The first-order valence-electron chi connectivity index (χ1n) is 11.6. The van der Waals surface area contributed by atoms with Crippen molar-refractivity contribution in [2.45, 2.75) is 19.9 Å². The van der Waals surface area contributed by atoms with E-state index in [9.17, 15) is 14.4 Å². The van der Waals surface area contributed by atoms with Gasteiger partial charge < -0.3 is 25.0 Å². The fraction of sp³-hybridized carbons (Fsp3) is 0.250. The molecule has 1 heterocycles. The number of carbonyl (C=O) groups excluding carboxylic acids is 3. The maximum absolute atomic E-state index is 13.1. The van der Waals surface area contributed by atoms with Crippen molar-refractivity contribution >= 4 is 29.1 Å². The summed E-state index contributed by atoms with van der Waals surface area (Å²) >= 11 is 0. The summed E-state index contributed by atoms with van der Waals surface area (Å²) in [7, 11) is 2.95. The van der Waals surface area contributed by atoms with Crippen LogP contribution in [0.4, 0.5) is 11.4 Å². The number of rotatable bonds is 8. The number of nitrogens with zero attached hydrogens (tertiary/aromatic N) is 1. The van der Waals surface area contributed by atoms with E-state index in [2.05, 4.69) is 10.6 Å². The number of anilines is 2. The van der Waals surface area contributed by atoms with Gasteiger partial charge in [-0.1, -0.05) is 48.0 Å². The number of methoxy groups -OCH3 is 2. The van der Waals surface area contributed by atoms with Crippen LogP contribution in [0.15, 0.2) is 66.7 Å². The van der Waals surface area contributed by atoms with E-state index in [-0.39, 0.29) is 24.1 Å². The van der Waals surface area contributed by atoms with Crippen LogP contribution in [0.2, 0.25) is 0 Å². The van der Waals surface area contributed by atoms with Gasteiger partial charge in [-0.05, 0) is 24.6 Å². The first-order valence-corrected chi connectivity index (χ1v) is 11.6. The molecule has 2 N–H and O–H groups in total. The number of benzene rings is 3. The number of carbonyl (C=O) groups is 3. The Morgan fingerprint density at radius 1 is 0.917 bits per heavy atom. The molecule has 0 saturated carbocycles. The molecular formula is C28H29N3O5. The highest BCUT2D eigenvalue weighted by Gasteiger charge is 2.34. The molecule has 1 fully saturated rings. The quantitative estimate of drug-likeness (QED) is 0.495. The van der Waals surface area contributed by atoms with Gasteiger partial charge in [-0.15, -0.1) is 0 Å². The molecule has 186 valence electrons. The SMILES string of the molecule is COc1cc(NC(=O)[C@H]2CC(=O)N(Cc3ccc(C)cc3)C2)c(OC)cc1NC(=O)c1ccccc1. The van der Waals surface area contributed by atoms with Crippen LogP contribution in [0.1, 0.15) is 27.9 Å². The van der Waals surface area contributed by atoms with Crippen LogP contribution in [0.3, 0.4) is 0 Å².